The minimum atomic E-state index is -0.360. The number of benzene rings is 2. The summed E-state index contributed by atoms with van der Waals surface area (Å²) < 4.78 is 24.4. The number of halogens is 1. The van der Waals surface area contributed by atoms with Crippen LogP contribution < -0.4 is 10.1 Å². The van der Waals surface area contributed by atoms with Crippen LogP contribution in [0.1, 0.15) is 36.0 Å². The molecule has 1 N–H and O–H groups in total. The summed E-state index contributed by atoms with van der Waals surface area (Å²) >= 11 is 0. The van der Waals surface area contributed by atoms with E-state index in [9.17, 15) is 14.0 Å². The zero-order chi connectivity index (χ0) is 21.6. The number of nitrogens with zero attached hydrogens (tertiary/aromatic N) is 2. The molecule has 0 aliphatic carbocycles. The quantitative estimate of drug-likeness (QED) is 0.740. The van der Waals surface area contributed by atoms with Crippen molar-refractivity contribution in [3.8, 4) is 5.75 Å². The van der Waals surface area contributed by atoms with Crippen LogP contribution in [0.25, 0.3) is 0 Å². The van der Waals surface area contributed by atoms with Gasteiger partial charge in [-0.05, 0) is 29.7 Å². The van der Waals surface area contributed by atoms with Crippen molar-refractivity contribution in [1.29, 1.82) is 0 Å². The van der Waals surface area contributed by atoms with Gasteiger partial charge in [-0.25, -0.2) is 9.40 Å². The first-order chi connectivity index (χ1) is 15.1. The van der Waals surface area contributed by atoms with Crippen LogP contribution in [0.4, 0.5) is 4.39 Å². The Labute approximate surface area is 179 Å². The van der Waals surface area contributed by atoms with Gasteiger partial charge in [-0.1, -0.05) is 30.3 Å². The highest BCUT2D eigenvalue weighted by Crippen LogP contribution is 2.29. The number of rotatable bonds is 7. The van der Waals surface area contributed by atoms with Crippen molar-refractivity contribution in [2.24, 2.45) is 5.10 Å². The van der Waals surface area contributed by atoms with Gasteiger partial charge in [0.05, 0.1) is 18.9 Å². The average Bonchev–Trinajstić information content (AvgIpc) is 3.28. The van der Waals surface area contributed by atoms with Gasteiger partial charge in [-0.2, -0.15) is 5.10 Å². The molecular formula is C23H24FN3O4. The van der Waals surface area contributed by atoms with Crippen molar-refractivity contribution < 1.29 is 23.5 Å². The summed E-state index contributed by atoms with van der Waals surface area (Å²) in [5.41, 5.74) is 3.24. The van der Waals surface area contributed by atoms with E-state index in [-0.39, 0.29) is 37.3 Å². The Bertz CT molecular complexity index is 994. The number of carbonyl (C=O) groups is 2. The molecule has 4 rings (SSSR count). The Morgan fingerprint density at radius 1 is 1.16 bits per heavy atom. The van der Waals surface area contributed by atoms with Gasteiger partial charge in [0.1, 0.15) is 11.6 Å². The molecule has 2 aliphatic heterocycles. The molecule has 2 heterocycles. The number of nitrogens with one attached hydrogen (secondary N) is 1. The van der Waals surface area contributed by atoms with Gasteiger partial charge in [0.2, 0.25) is 11.8 Å². The molecule has 162 valence electrons. The summed E-state index contributed by atoms with van der Waals surface area (Å²) in [5.74, 6) is -0.137. The highest BCUT2D eigenvalue weighted by Gasteiger charge is 2.22. The zero-order valence-corrected chi connectivity index (χ0v) is 17.1. The van der Waals surface area contributed by atoms with Crippen LogP contribution in [-0.4, -0.2) is 42.4 Å². The first-order valence-corrected chi connectivity index (χ1v) is 10.3. The Hall–Kier alpha value is -3.26. The number of amides is 2. The van der Waals surface area contributed by atoms with E-state index in [1.54, 1.807) is 0 Å². The molecule has 2 aromatic carbocycles. The molecule has 2 aliphatic rings. The first kappa shape index (κ1) is 21.0. The fraction of sp³-hybridized carbons (Fsp3) is 0.348. The first-order valence-electron chi connectivity index (χ1n) is 10.3. The van der Waals surface area contributed by atoms with E-state index < -0.39 is 0 Å². The van der Waals surface area contributed by atoms with Crippen LogP contribution in [0.15, 0.2) is 47.6 Å². The summed E-state index contributed by atoms with van der Waals surface area (Å²) in [7, 11) is 0. The van der Waals surface area contributed by atoms with E-state index in [0.29, 0.717) is 49.4 Å². The minimum Gasteiger partial charge on any atom is -0.467 e. The summed E-state index contributed by atoms with van der Waals surface area (Å²) in [6, 6.07) is 12.5. The van der Waals surface area contributed by atoms with Gasteiger partial charge in [-0.15, -0.1) is 0 Å². The second-order valence-corrected chi connectivity index (χ2v) is 7.44. The highest BCUT2D eigenvalue weighted by molar-refractivity contribution is 6.02. The third kappa shape index (κ3) is 5.27. The molecule has 2 amide bonds. The van der Waals surface area contributed by atoms with E-state index >= 15 is 0 Å². The lowest BCUT2D eigenvalue weighted by Gasteiger charge is -2.21. The lowest BCUT2D eigenvalue weighted by molar-refractivity contribution is -0.133. The molecule has 8 heteroatoms. The maximum atomic E-state index is 13.8. The zero-order valence-electron chi connectivity index (χ0n) is 17.1. The van der Waals surface area contributed by atoms with Crippen molar-refractivity contribution in [2.75, 3.05) is 19.9 Å². The molecule has 0 fully saturated rings. The monoisotopic (exact) mass is 425 g/mol. The molecule has 0 saturated heterocycles. The Balaban J connectivity index is 1.23. The predicted molar refractivity (Wildman–Crippen MR) is 112 cm³/mol. The van der Waals surface area contributed by atoms with E-state index in [1.165, 1.54) is 17.1 Å². The lowest BCUT2D eigenvalue weighted by Crippen LogP contribution is -2.29. The third-order valence-electron chi connectivity index (χ3n) is 5.23. The van der Waals surface area contributed by atoms with Crippen molar-refractivity contribution in [1.82, 2.24) is 10.3 Å². The Morgan fingerprint density at radius 2 is 2.00 bits per heavy atom. The van der Waals surface area contributed by atoms with Crippen molar-refractivity contribution in [3.05, 3.63) is 65.0 Å². The van der Waals surface area contributed by atoms with Gasteiger partial charge in [0.15, 0.2) is 6.79 Å². The fourth-order valence-corrected chi connectivity index (χ4v) is 3.69. The second kappa shape index (κ2) is 9.70. The van der Waals surface area contributed by atoms with E-state index in [1.807, 2.05) is 30.3 Å². The highest BCUT2D eigenvalue weighted by atomic mass is 19.1. The fourth-order valence-electron chi connectivity index (χ4n) is 3.69. The maximum absolute atomic E-state index is 13.8. The molecule has 0 atom stereocenters. The van der Waals surface area contributed by atoms with Crippen LogP contribution in [0.3, 0.4) is 0 Å². The van der Waals surface area contributed by atoms with E-state index in [0.717, 1.165) is 11.3 Å². The van der Waals surface area contributed by atoms with Crippen LogP contribution in [0, 0.1) is 5.82 Å². The average molecular weight is 425 g/mol. The summed E-state index contributed by atoms with van der Waals surface area (Å²) in [4.78, 5) is 24.5. The van der Waals surface area contributed by atoms with Crippen molar-refractivity contribution >= 4 is 17.5 Å². The topological polar surface area (TPSA) is 80.2 Å². The maximum Gasteiger partial charge on any atom is 0.243 e. The number of hydrogen-bond donors (Lipinski definition) is 1. The molecule has 0 unspecified atom stereocenters. The second-order valence-electron chi connectivity index (χ2n) is 7.44. The number of fused-ring (bicyclic) bond motifs is 1. The third-order valence-corrected chi connectivity index (χ3v) is 5.23. The van der Waals surface area contributed by atoms with Crippen LogP contribution in [0.2, 0.25) is 0 Å². The molecule has 0 bridgehead atoms. The summed E-state index contributed by atoms with van der Waals surface area (Å²) in [5, 5.41) is 8.62. The molecule has 31 heavy (non-hydrogen) atoms. The van der Waals surface area contributed by atoms with Gasteiger partial charge in [-0.3, -0.25) is 9.59 Å². The smallest absolute Gasteiger partial charge is 0.243 e. The minimum absolute atomic E-state index is 0.0805. The van der Waals surface area contributed by atoms with Crippen LogP contribution in [0.5, 0.6) is 5.75 Å². The lowest BCUT2D eigenvalue weighted by atomic mass is 10.1. The van der Waals surface area contributed by atoms with Crippen LogP contribution in [-0.2, 0) is 27.4 Å². The number of ether oxygens (including phenoxy) is 2. The Morgan fingerprint density at radius 3 is 2.84 bits per heavy atom. The summed E-state index contributed by atoms with van der Waals surface area (Å²) in [6.45, 7) is 1.29. The number of hydrogen-bond acceptors (Lipinski definition) is 5. The molecular weight excluding hydrogens is 401 g/mol. The molecule has 0 aromatic heterocycles. The van der Waals surface area contributed by atoms with Crippen molar-refractivity contribution in [3.63, 3.8) is 0 Å². The van der Waals surface area contributed by atoms with Crippen LogP contribution >= 0.6 is 0 Å². The van der Waals surface area contributed by atoms with Crippen molar-refractivity contribution in [2.45, 2.75) is 32.3 Å². The molecule has 2 aromatic rings. The predicted octanol–water partition coefficient (Wildman–Crippen LogP) is 2.77. The normalized spacial score (nSPS) is 15.1. The molecule has 0 saturated carbocycles. The summed E-state index contributed by atoms with van der Waals surface area (Å²) in [6.07, 6.45) is 1.30. The van der Waals surface area contributed by atoms with Gasteiger partial charge >= 0.3 is 0 Å². The van der Waals surface area contributed by atoms with Gasteiger partial charge in [0.25, 0.3) is 0 Å². The van der Waals surface area contributed by atoms with Gasteiger partial charge < -0.3 is 14.8 Å². The number of hydrazone groups is 1. The molecule has 0 radical (unpaired) electrons. The number of carbonyl (C=O) groups excluding carboxylic acids is 2. The van der Waals surface area contributed by atoms with E-state index in [2.05, 4.69) is 10.4 Å². The Kier molecular flexibility index (Phi) is 6.57. The largest absolute Gasteiger partial charge is 0.467 e. The standard InChI is InChI=1S/C23H24FN3O4/c24-19-12-17(23-18(13-19)14-30-15-31-23)8-10-25-21(28)6-7-22(29)27-11-9-20(26-27)16-4-2-1-3-5-16/h1-5,12-13H,6-11,14-15H2,(H,25,28). The molecule has 0 spiro atoms. The van der Waals surface area contributed by atoms with E-state index in [4.69, 9.17) is 9.47 Å². The molecule has 7 nitrogen and oxygen atoms in total. The SMILES string of the molecule is O=C(CCC(=O)N1CCC(c2ccccc2)=N1)NCCc1cc(F)cc2c1OCOC2. The van der Waals surface area contributed by atoms with Gasteiger partial charge in [0, 0.05) is 31.4 Å².